The zero-order chi connectivity index (χ0) is 50.6. The molecule has 2 atom stereocenters. The molecule has 0 fully saturated rings. The second kappa shape index (κ2) is 51.1. The molecule has 0 rings (SSSR count). The SMILES string of the molecule is CC/C=C/C/C=C/C/C=C/C/C=C/CCCCCCCCCCCCC(=O)OC(COCCC(C(=O)O)[N+](C)(C)C)COC(=O)CCCCCCCCC/C=C/C/C=C/CCCCCCCCCC. The van der Waals surface area contributed by atoms with Crippen LogP contribution in [0.1, 0.15) is 245 Å². The lowest BCUT2D eigenvalue weighted by atomic mass is 10.0. The van der Waals surface area contributed by atoms with Crippen molar-refractivity contribution >= 4 is 17.9 Å². The topological polar surface area (TPSA) is 99.1 Å². The first-order chi connectivity index (χ1) is 33.6. The van der Waals surface area contributed by atoms with Gasteiger partial charge in [0.15, 0.2) is 12.1 Å². The minimum absolute atomic E-state index is 0.0547. The Morgan fingerprint density at radius 3 is 1.20 bits per heavy atom. The van der Waals surface area contributed by atoms with E-state index in [0.717, 1.165) is 77.0 Å². The van der Waals surface area contributed by atoms with Gasteiger partial charge >= 0.3 is 17.9 Å². The van der Waals surface area contributed by atoms with Gasteiger partial charge in [0.1, 0.15) is 6.61 Å². The molecule has 0 aliphatic heterocycles. The molecule has 0 saturated carbocycles. The van der Waals surface area contributed by atoms with Gasteiger partial charge in [0.2, 0.25) is 0 Å². The zero-order valence-electron chi connectivity index (χ0n) is 45.5. The molecule has 0 radical (unpaired) electrons. The van der Waals surface area contributed by atoms with Gasteiger partial charge in [0.05, 0.1) is 34.4 Å². The number of aliphatic carboxylic acids is 1. The fourth-order valence-corrected chi connectivity index (χ4v) is 8.23. The quantitative estimate of drug-likeness (QED) is 0.0281. The van der Waals surface area contributed by atoms with E-state index >= 15 is 0 Å². The summed E-state index contributed by atoms with van der Waals surface area (Å²) in [6, 6.07) is -0.621. The maximum atomic E-state index is 12.8. The van der Waals surface area contributed by atoms with Gasteiger partial charge in [0.25, 0.3) is 0 Å². The van der Waals surface area contributed by atoms with Crippen molar-refractivity contribution in [2.75, 3.05) is 41.0 Å². The van der Waals surface area contributed by atoms with Crippen LogP contribution in [-0.4, -0.2) is 80.6 Å². The van der Waals surface area contributed by atoms with Crippen LogP contribution >= 0.6 is 0 Å². The number of ether oxygens (including phenoxy) is 3. The van der Waals surface area contributed by atoms with Crippen LogP contribution in [0.25, 0.3) is 0 Å². The van der Waals surface area contributed by atoms with Crippen molar-refractivity contribution in [1.82, 2.24) is 0 Å². The van der Waals surface area contributed by atoms with Crippen molar-refractivity contribution in [3.8, 4) is 0 Å². The van der Waals surface area contributed by atoms with Gasteiger partial charge in [-0.15, -0.1) is 0 Å². The third-order valence-electron chi connectivity index (χ3n) is 12.6. The predicted molar refractivity (Wildman–Crippen MR) is 294 cm³/mol. The first-order valence-electron chi connectivity index (χ1n) is 28.5. The van der Waals surface area contributed by atoms with Crippen molar-refractivity contribution in [3.63, 3.8) is 0 Å². The maximum Gasteiger partial charge on any atom is 0.362 e. The molecule has 0 bridgehead atoms. The van der Waals surface area contributed by atoms with Crippen LogP contribution in [-0.2, 0) is 28.6 Å². The molecule has 398 valence electrons. The number of esters is 2. The Morgan fingerprint density at radius 2 is 0.812 bits per heavy atom. The lowest BCUT2D eigenvalue weighted by molar-refractivity contribution is -0.887. The van der Waals surface area contributed by atoms with Crippen molar-refractivity contribution in [3.05, 3.63) is 72.9 Å². The maximum absolute atomic E-state index is 12.8. The number of nitrogens with zero attached hydrogens (tertiary/aromatic N) is 1. The Labute approximate surface area is 425 Å². The van der Waals surface area contributed by atoms with Gasteiger partial charge in [-0.25, -0.2) is 4.79 Å². The van der Waals surface area contributed by atoms with Gasteiger partial charge in [0, 0.05) is 19.3 Å². The van der Waals surface area contributed by atoms with E-state index in [2.05, 4.69) is 86.8 Å². The molecule has 0 aliphatic rings. The molecule has 0 saturated heterocycles. The summed E-state index contributed by atoms with van der Waals surface area (Å²) in [6.07, 6.45) is 66.7. The fraction of sp³-hybridized carbons (Fsp3) is 0.754. The minimum Gasteiger partial charge on any atom is -0.477 e. The molecule has 2 unspecified atom stereocenters. The Hall–Kier alpha value is -3.23. The third-order valence-corrected chi connectivity index (χ3v) is 12.6. The largest absolute Gasteiger partial charge is 0.477 e. The molecule has 8 heteroatoms. The lowest BCUT2D eigenvalue weighted by Crippen LogP contribution is -2.50. The molecule has 0 spiro atoms. The second-order valence-electron chi connectivity index (χ2n) is 20.2. The van der Waals surface area contributed by atoms with E-state index in [0.29, 0.717) is 19.3 Å². The summed E-state index contributed by atoms with van der Waals surface area (Å²) in [5.74, 6) is -1.48. The summed E-state index contributed by atoms with van der Waals surface area (Å²) in [4.78, 5) is 37.3. The highest BCUT2D eigenvalue weighted by Gasteiger charge is 2.31. The number of allylic oxidation sites excluding steroid dienone is 12. The van der Waals surface area contributed by atoms with E-state index in [1.807, 2.05) is 21.1 Å². The number of carbonyl (C=O) groups is 3. The number of likely N-dealkylation sites (N-methyl/N-ethyl adjacent to an activating group) is 1. The van der Waals surface area contributed by atoms with Crippen LogP contribution in [0.4, 0.5) is 0 Å². The van der Waals surface area contributed by atoms with Gasteiger partial charge in [-0.05, 0) is 83.5 Å². The van der Waals surface area contributed by atoms with Gasteiger partial charge < -0.3 is 23.8 Å². The Morgan fingerprint density at radius 1 is 0.449 bits per heavy atom. The van der Waals surface area contributed by atoms with Crippen LogP contribution in [0.3, 0.4) is 0 Å². The van der Waals surface area contributed by atoms with Crippen molar-refractivity contribution < 1.29 is 38.2 Å². The predicted octanol–water partition coefficient (Wildman–Crippen LogP) is 17.0. The number of rotatable bonds is 51. The summed E-state index contributed by atoms with van der Waals surface area (Å²) < 4.78 is 17.4. The molecule has 0 aromatic rings. The van der Waals surface area contributed by atoms with Crippen LogP contribution < -0.4 is 0 Å². The van der Waals surface area contributed by atoms with Crippen molar-refractivity contribution in [2.24, 2.45) is 0 Å². The molecule has 8 nitrogen and oxygen atoms in total. The van der Waals surface area contributed by atoms with E-state index in [1.54, 1.807) is 0 Å². The highest BCUT2D eigenvalue weighted by molar-refractivity contribution is 5.72. The molecule has 1 N–H and O–H groups in total. The number of carbonyl (C=O) groups excluding carboxylic acids is 2. The van der Waals surface area contributed by atoms with Crippen molar-refractivity contribution in [1.29, 1.82) is 0 Å². The number of hydrogen-bond acceptors (Lipinski definition) is 6. The summed E-state index contributed by atoms with van der Waals surface area (Å²) in [7, 11) is 5.54. The van der Waals surface area contributed by atoms with Crippen LogP contribution in [0.5, 0.6) is 0 Å². The van der Waals surface area contributed by atoms with E-state index in [4.69, 9.17) is 14.2 Å². The number of carboxylic acids is 1. The summed E-state index contributed by atoms with van der Waals surface area (Å²) in [6.45, 7) is 4.63. The van der Waals surface area contributed by atoms with Gasteiger partial charge in [-0.1, -0.05) is 215 Å². The van der Waals surface area contributed by atoms with Crippen LogP contribution in [0.15, 0.2) is 72.9 Å². The highest BCUT2D eigenvalue weighted by atomic mass is 16.6. The summed E-state index contributed by atoms with van der Waals surface area (Å²) in [5.41, 5.74) is 0. The summed E-state index contributed by atoms with van der Waals surface area (Å²) in [5, 5.41) is 9.68. The Balaban J connectivity index is 4.21. The van der Waals surface area contributed by atoms with Gasteiger partial charge in [-0.3, -0.25) is 9.59 Å². The fourth-order valence-electron chi connectivity index (χ4n) is 8.23. The average molecular weight is 968 g/mol. The number of hydrogen-bond donors (Lipinski definition) is 1. The number of unbranched alkanes of at least 4 members (excludes halogenated alkanes) is 25. The number of carboxylic acid groups (broad SMARTS) is 1. The normalized spacial score (nSPS) is 13.3. The molecule has 0 aromatic heterocycles. The lowest BCUT2D eigenvalue weighted by Gasteiger charge is -2.31. The zero-order valence-corrected chi connectivity index (χ0v) is 45.5. The van der Waals surface area contributed by atoms with Crippen molar-refractivity contribution in [2.45, 2.75) is 257 Å². The van der Waals surface area contributed by atoms with Crippen LogP contribution in [0.2, 0.25) is 0 Å². The molecule has 0 heterocycles. The molecular weight excluding hydrogens is 859 g/mol. The number of quaternary nitrogens is 1. The molecular formula is C61H108NO7+. The first-order valence-corrected chi connectivity index (χ1v) is 28.5. The second-order valence-corrected chi connectivity index (χ2v) is 20.2. The van der Waals surface area contributed by atoms with E-state index in [1.165, 1.54) is 135 Å². The van der Waals surface area contributed by atoms with Gasteiger partial charge in [-0.2, -0.15) is 0 Å². The summed E-state index contributed by atoms with van der Waals surface area (Å²) >= 11 is 0. The minimum atomic E-state index is -0.877. The molecule has 69 heavy (non-hydrogen) atoms. The highest BCUT2D eigenvalue weighted by Crippen LogP contribution is 2.16. The van der Waals surface area contributed by atoms with Crippen LogP contribution in [0, 0.1) is 0 Å². The van der Waals surface area contributed by atoms with E-state index in [-0.39, 0.29) is 36.2 Å². The Bertz CT molecular complexity index is 1360. The average Bonchev–Trinajstić information content (AvgIpc) is 3.31. The van der Waals surface area contributed by atoms with E-state index < -0.39 is 18.1 Å². The molecule has 0 aliphatic carbocycles. The smallest absolute Gasteiger partial charge is 0.362 e. The van der Waals surface area contributed by atoms with E-state index in [9.17, 15) is 19.5 Å². The third kappa shape index (κ3) is 49.5. The molecule has 0 aromatic carbocycles. The standard InChI is InChI=1S/C61H107NO7/c1-6-8-10-12-14-16-18-20-22-24-26-28-30-32-34-36-38-40-42-44-46-48-50-52-60(64)69-57(55-67-54-53-58(61(65)66)62(3,4)5)56-68-59(63)51-49-47-45-43-41-39-37-35-33-31-29-27-25-23-21-19-17-15-13-11-9-7-2/h8,10,14,16,20,22,25-28,31,33,57-58H,6-7,9,11-13,15,17-19,21,23-24,29-30,32,34-56H2,1-5H3/p+1/b10-8+,16-14+,22-20+,27-25+,28-26+,33-31+. The molecule has 0 amide bonds. The monoisotopic (exact) mass is 967 g/mol. The first kappa shape index (κ1) is 65.8. The Kier molecular flexibility index (Phi) is 48.7.